The molecule has 21 heavy (non-hydrogen) atoms. The van der Waals surface area contributed by atoms with Gasteiger partial charge >= 0.3 is 0 Å². The highest BCUT2D eigenvalue weighted by Gasteiger charge is 2.14. The van der Waals surface area contributed by atoms with E-state index in [1.165, 1.54) is 6.20 Å². The number of rotatable bonds is 3. The van der Waals surface area contributed by atoms with Crippen LogP contribution in [0.3, 0.4) is 0 Å². The van der Waals surface area contributed by atoms with Gasteiger partial charge in [0.2, 0.25) is 0 Å². The Bertz CT molecular complexity index is 803. The number of halogens is 1. The number of nitrogens with one attached hydrogen (secondary N) is 2. The van der Waals surface area contributed by atoms with Crippen molar-refractivity contribution < 1.29 is 4.79 Å². The molecule has 0 saturated heterocycles. The summed E-state index contributed by atoms with van der Waals surface area (Å²) >= 11 is 7.18. The van der Waals surface area contributed by atoms with Crippen molar-refractivity contribution in [3.8, 4) is 0 Å². The molecule has 9 heteroatoms. The Kier molecular flexibility index (Phi) is 3.65. The van der Waals surface area contributed by atoms with Crippen molar-refractivity contribution in [1.29, 1.82) is 0 Å². The van der Waals surface area contributed by atoms with E-state index in [1.54, 1.807) is 24.3 Å². The van der Waals surface area contributed by atoms with E-state index in [2.05, 4.69) is 24.5 Å². The predicted molar refractivity (Wildman–Crippen MR) is 82.4 cm³/mol. The van der Waals surface area contributed by atoms with E-state index < -0.39 is 0 Å². The molecule has 4 N–H and O–H groups in total. The minimum atomic E-state index is -0.339. The summed E-state index contributed by atoms with van der Waals surface area (Å²) in [6.07, 6.45) is 1.41. The van der Waals surface area contributed by atoms with E-state index in [0.29, 0.717) is 33.1 Å². The second-order valence-corrected chi connectivity index (χ2v) is 5.02. The fourth-order valence-corrected chi connectivity index (χ4v) is 2.49. The van der Waals surface area contributed by atoms with Crippen molar-refractivity contribution in [2.75, 3.05) is 10.7 Å². The molecule has 0 bridgehead atoms. The standard InChI is InChI=1S/C12H9ClN6OS/c13-7-2-3-8-11(19-21-18-8)10(7)16-12(20)6-1-4-9(17-14)15-5-6/h1-5H,14H2,(H,15,17)(H,16,20). The summed E-state index contributed by atoms with van der Waals surface area (Å²) in [5.41, 5.74) is 4.46. The summed E-state index contributed by atoms with van der Waals surface area (Å²) in [7, 11) is 0. The highest BCUT2D eigenvalue weighted by Crippen LogP contribution is 2.30. The maximum Gasteiger partial charge on any atom is 0.257 e. The summed E-state index contributed by atoms with van der Waals surface area (Å²) < 4.78 is 8.25. The van der Waals surface area contributed by atoms with Gasteiger partial charge in [-0.05, 0) is 24.3 Å². The van der Waals surface area contributed by atoms with E-state index in [1.807, 2.05) is 0 Å². The highest BCUT2D eigenvalue weighted by molar-refractivity contribution is 7.00. The van der Waals surface area contributed by atoms with Gasteiger partial charge < -0.3 is 10.7 Å². The van der Waals surface area contributed by atoms with E-state index in [0.717, 1.165) is 11.7 Å². The second kappa shape index (κ2) is 5.60. The Balaban J connectivity index is 1.92. The number of hydrogen-bond acceptors (Lipinski definition) is 7. The molecule has 2 heterocycles. The number of fused-ring (bicyclic) bond motifs is 1. The van der Waals surface area contributed by atoms with Gasteiger partial charge in [-0.3, -0.25) is 4.79 Å². The fourth-order valence-electron chi connectivity index (χ4n) is 1.75. The molecular weight excluding hydrogens is 312 g/mol. The van der Waals surface area contributed by atoms with E-state index in [9.17, 15) is 4.79 Å². The van der Waals surface area contributed by atoms with Crippen LogP contribution in [0.25, 0.3) is 11.0 Å². The summed E-state index contributed by atoms with van der Waals surface area (Å²) in [6, 6.07) is 6.62. The van der Waals surface area contributed by atoms with Crippen molar-refractivity contribution in [2.24, 2.45) is 5.84 Å². The minimum absolute atomic E-state index is 0.339. The normalized spacial score (nSPS) is 10.6. The number of aromatic nitrogens is 3. The van der Waals surface area contributed by atoms with Gasteiger partial charge in [-0.25, -0.2) is 10.8 Å². The Morgan fingerprint density at radius 1 is 1.24 bits per heavy atom. The molecule has 0 aliphatic carbocycles. The third-order valence-corrected chi connectivity index (χ3v) is 3.65. The van der Waals surface area contributed by atoms with Crippen LogP contribution < -0.4 is 16.6 Å². The average molecular weight is 321 g/mol. The molecule has 0 aliphatic rings. The first kappa shape index (κ1) is 13.7. The van der Waals surface area contributed by atoms with Crippen LogP contribution in [-0.2, 0) is 0 Å². The van der Waals surface area contributed by atoms with Crippen LogP contribution in [0.4, 0.5) is 11.5 Å². The lowest BCUT2D eigenvalue weighted by Gasteiger charge is -2.08. The molecule has 0 fully saturated rings. The number of hydrazine groups is 1. The lowest BCUT2D eigenvalue weighted by molar-refractivity contribution is 0.102. The van der Waals surface area contributed by atoms with Crippen LogP contribution in [-0.4, -0.2) is 19.6 Å². The first-order valence-corrected chi connectivity index (χ1v) is 6.94. The first-order valence-electron chi connectivity index (χ1n) is 5.84. The topological polar surface area (TPSA) is 106 Å². The number of pyridine rings is 1. The van der Waals surface area contributed by atoms with Gasteiger partial charge in [-0.1, -0.05) is 11.6 Å². The molecule has 0 unspecified atom stereocenters. The summed E-state index contributed by atoms with van der Waals surface area (Å²) in [6.45, 7) is 0. The number of nitrogen functional groups attached to an aromatic ring is 1. The smallest absolute Gasteiger partial charge is 0.257 e. The zero-order valence-electron chi connectivity index (χ0n) is 10.5. The molecule has 0 saturated carbocycles. The number of nitrogens with zero attached hydrogens (tertiary/aromatic N) is 3. The van der Waals surface area contributed by atoms with Crippen LogP contribution in [0.5, 0.6) is 0 Å². The molecule has 0 radical (unpaired) electrons. The van der Waals surface area contributed by atoms with Crippen LogP contribution >= 0.6 is 23.3 Å². The van der Waals surface area contributed by atoms with Crippen LogP contribution in [0.1, 0.15) is 10.4 Å². The Morgan fingerprint density at radius 2 is 2.10 bits per heavy atom. The highest BCUT2D eigenvalue weighted by atomic mass is 35.5. The van der Waals surface area contributed by atoms with E-state index in [-0.39, 0.29) is 5.91 Å². The van der Waals surface area contributed by atoms with E-state index >= 15 is 0 Å². The number of amides is 1. The Hall–Kier alpha value is -2.29. The van der Waals surface area contributed by atoms with Gasteiger partial charge in [0.15, 0.2) is 0 Å². The molecule has 0 atom stereocenters. The molecule has 1 amide bonds. The molecule has 106 valence electrons. The summed E-state index contributed by atoms with van der Waals surface area (Å²) in [5, 5.41) is 3.13. The van der Waals surface area contributed by atoms with Crippen molar-refractivity contribution in [1.82, 2.24) is 13.7 Å². The van der Waals surface area contributed by atoms with Crippen LogP contribution in [0.2, 0.25) is 5.02 Å². The summed E-state index contributed by atoms with van der Waals surface area (Å²) in [5.74, 6) is 5.35. The van der Waals surface area contributed by atoms with Crippen LogP contribution in [0.15, 0.2) is 30.5 Å². The quantitative estimate of drug-likeness (QED) is 0.505. The van der Waals surface area contributed by atoms with Gasteiger partial charge in [0.25, 0.3) is 5.91 Å². The third-order valence-electron chi connectivity index (χ3n) is 2.79. The SMILES string of the molecule is NNc1ccc(C(=O)Nc2c(Cl)ccc3nsnc23)cn1. The van der Waals surface area contributed by atoms with Gasteiger partial charge in [0, 0.05) is 6.20 Å². The maximum absolute atomic E-state index is 12.2. The number of carbonyl (C=O) groups excluding carboxylic acids is 1. The molecule has 0 aliphatic heterocycles. The zero-order valence-corrected chi connectivity index (χ0v) is 12.1. The number of hydrogen-bond donors (Lipinski definition) is 3. The maximum atomic E-state index is 12.2. The van der Waals surface area contributed by atoms with Gasteiger partial charge in [-0.15, -0.1) is 0 Å². The third kappa shape index (κ3) is 2.64. The van der Waals surface area contributed by atoms with Crippen molar-refractivity contribution in [3.05, 3.63) is 41.0 Å². The predicted octanol–water partition coefficient (Wildman–Crippen LogP) is 2.28. The fraction of sp³-hybridized carbons (Fsp3) is 0. The molecule has 0 spiro atoms. The molecule has 7 nitrogen and oxygen atoms in total. The average Bonchev–Trinajstić information content (AvgIpc) is 2.99. The number of carbonyl (C=O) groups is 1. The molecule has 3 rings (SSSR count). The second-order valence-electron chi connectivity index (χ2n) is 4.08. The monoisotopic (exact) mass is 320 g/mol. The largest absolute Gasteiger partial charge is 0.319 e. The minimum Gasteiger partial charge on any atom is -0.319 e. The van der Waals surface area contributed by atoms with Gasteiger partial charge in [0.1, 0.15) is 16.9 Å². The molecule has 1 aromatic carbocycles. The lowest BCUT2D eigenvalue weighted by Crippen LogP contribution is -2.14. The number of anilines is 2. The Labute approximate surface area is 128 Å². The molecule has 3 aromatic rings. The van der Waals surface area contributed by atoms with Gasteiger partial charge in [-0.2, -0.15) is 8.75 Å². The van der Waals surface area contributed by atoms with Crippen LogP contribution in [0, 0.1) is 0 Å². The summed E-state index contributed by atoms with van der Waals surface area (Å²) in [4.78, 5) is 16.2. The van der Waals surface area contributed by atoms with E-state index in [4.69, 9.17) is 17.4 Å². The lowest BCUT2D eigenvalue weighted by atomic mass is 10.2. The number of benzene rings is 1. The van der Waals surface area contributed by atoms with Crippen molar-refractivity contribution in [3.63, 3.8) is 0 Å². The first-order chi connectivity index (χ1) is 10.2. The molecule has 2 aromatic heterocycles. The van der Waals surface area contributed by atoms with Crippen molar-refractivity contribution in [2.45, 2.75) is 0 Å². The molecular formula is C12H9ClN6OS. The number of nitrogens with two attached hydrogens (primary N) is 1. The van der Waals surface area contributed by atoms with Crippen molar-refractivity contribution >= 4 is 51.8 Å². The van der Waals surface area contributed by atoms with Gasteiger partial charge in [0.05, 0.1) is 28.0 Å². The Morgan fingerprint density at radius 3 is 2.81 bits per heavy atom. The zero-order chi connectivity index (χ0) is 14.8.